The second-order valence-electron chi connectivity index (χ2n) is 4.37. The largest absolute Gasteiger partial charge is 0.320 e. The lowest BCUT2D eigenvalue weighted by Gasteiger charge is -2.09. The zero-order valence-electron chi connectivity index (χ0n) is 10.9. The number of amides is 1. The minimum absolute atomic E-state index is 0.211. The third-order valence-electron chi connectivity index (χ3n) is 2.97. The summed E-state index contributed by atoms with van der Waals surface area (Å²) >= 11 is 0. The van der Waals surface area contributed by atoms with Gasteiger partial charge in [-0.15, -0.1) is 0 Å². The van der Waals surface area contributed by atoms with Crippen LogP contribution < -0.4 is 5.32 Å². The second kappa shape index (κ2) is 5.00. The van der Waals surface area contributed by atoms with Crippen LogP contribution in [-0.2, 0) is 0 Å². The van der Waals surface area contributed by atoms with Gasteiger partial charge in [-0.3, -0.25) is 9.89 Å². The molecular weight excluding hydrogens is 254 g/mol. The molecule has 1 aromatic carbocycles. The minimum Gasteiger partial charge on any atom is -0.320 e. The maximum atomic E-state index is 11.9. The van der Waals surface area contributed by atoms with E-state index in [1.165, 1.54) is 0 Å². The van der Waals surface area contributed by atoms with E-state index in [0.29, 0.717) is 5.69 Å². The number of nitrogens with zero attached hydrogens (tertiary/aromatic N) is 3. The molecule has 0 bridgehead atoms. The van der Waals surface area contributed by atoms with Crippen LogP contribution in [0.3, 0.4) is 0 Å². The Morgan fingerprint density at radius 1 is 1.30 bits per heavy atom. The average molecular weight is 267 g/mol. The maximum Gasteiger partial charge on any atom is 0.273 e. The molecule has 0 spiro atoms. The first-order chi connectivity index (χ1) is 9.74. The molecule has 1 amide bonds. The molecule has 0 atom stereocenters. The van der Waals surface area contributed by atoms with E-state index >= 15 is 0 Å². The van der Waals surface area contributed by atoms with Gasteiger partial charge in [0, 0.05) is 24.3 Å². The van der Waals surface area contributed by atoms with Crippen LogP contribution in [0.25, 0.3) is 5.69 Å². The SMILES string of the molecule is Cc1cc(-n2cccn2)ccc1NC(=O)c1ccn[nH]1. The molecule has 3 aromatic rings. The summed E-state index contributed by atoms with van der Waals surface area (Å²) in [7, 11) is 0. The topological polar surface area (TPSA) is 75.6 Å². The number of hydrogen-bond donors (Lipinski definition) is 2. The van der Waals surface area contributed by atoms with Crippen LogP contribution in [0.5, 0.6) is 0 Å². The van der Waals surface area contributed by atoms with Crippen LogP contribution in [-0.4, -0.2) is 25.9 Å². The highest BCUT2D eigenvalue weighted by molar-refractivity contribution is 6.03. The molecule has 2 heterocycles. The Bertz CT molecular complexity index is 716. The lowest BCUT2D eigenvalue weighted by atomic mass is 10.1. The highest BCUT2D eigenvalue weighted by atomic mass is 16.1. The number of carbonyl (C=O) groups is 1. The Balaban J connectivity index is 1.83. The predicted octanol–water partition coefficient (Wildman–Crippen LogP) is 2.16. The average Bonchev–Trinajstić information content (AvgIpc) is 3.14. The predicted molar refractivity (Wildman–Crippen MR) is 74.8 cm³/mol. The third-order valence-corrected chi connectivity index (χ3v) is 2.97. The number of H-pyrrole nitrogens is 1. The van der Waals surface area contributed by atoms with Gasteiger partial charge in [-0.05, 0) is 42.8 Å². The van der Waals surface area contributed by atoms with Crippen molar-refractivity contribution < 1.29 is 4.79 Å². The molecule has 20 heavy (non-hydrogen) atoms. The lowest BCUT2D eigenvalue weighted by Crippen LogP contribution is -2.13. The van der Waals surface area contributed by atoms with Crippen molar-refractivity contribution in [2.24, 2.45) is 0 Å². The molecule has 6 heteroatoms. The number of carbonyl (C=O) groups excluding carboxylic acids is 1. The Morgan fingerprint density at radius 3 is 2.85 bits per heavy atom. The molecule has 0 aliphatic heterocycles. The van der Waals surface area contributed by atoms with Crippen molar-refractivity contribution in [3.05, 3.63) is 60.2 Å². The van der Waals surface area contributed by atoms with Gasteiger partial charge in [0.15, 0.2) is 0 Å². The standard InChI is InChI=1S/C14H13N5O/c1-10-9-11(19-8-2-6-16-19)3-4-12(10)17-14(20)13-5-7-15-18-13/h2-9H,1H3,(H,15,18)(H,17,20). The zero-order valence-corrected chi connectivity index (χ0v) is 10.9. The smallest absolute Gasteiger partial charge is 0.273 e. The van der Waals surface area contributed by atoms with Crippen molar-refractivity contribution in [3.63, 3.8) is 0 Å². The van der Waals surface area contributed by atoms with E-state index < -0.39 is 0 Å². The summed E-state index contributed by atoms with van der Waals surface area (Å²) in [5.74, 6) is -0.211. The second-order valence-corrected chi connectivity index (χ2v) is 4.37. The quantitative estimate of drug-likeness (QED) is 0.763. The number of aromatic amines is 1. The molecule has 6 nitrogen and oxygen atoms in total. The first-order valence-corrected chi connectivity index (χ1v) is 6.15. The van der Waals surface area contributed by atoms with E-state index in [0.717, 1.165) is 16.9 Å². The van der Waals surface area contributed by atoms with Gasteiger partial charge in [-0.25, -0.2) is 4.68 Å². The van der Waals surface area contributed by atoms with E-state index in [1.54, 1.807) is 23.1 Å². The molecule has 0 fully saturated rings. The van der Waals surface area contributed by atoms with Gasteiger partial charge in [0.1, 0.15) is 5.69 Å². The van der Waals surface area contributed by atoms with Gasteiger partial charge in [0.25, 0.3) is 5.91 Å². The maximum absolute atomic E-state index is 11.9. The van der Waals surface area contributed by atoms with Crippen molar-refractivity contribution >= 4 is 11.6 Å². The third kappa shape index (κ3) is 2.31. The molecule has 0 unspecified atom stereocenters. The van der Waals surface area contributed by atoms with Gasteiger partial charge >= 0.3 is 0 Å². The normalized spacial score (nSPS) is 10.4. The van der Waals surface area contributed by atoms with Crippen molar-refractivity contribution in [1.82, 2.24) is 20.0 Å². The molecule has 2 N–H and O–H groups in total. The van der Waals surface area contributed by atoms with Crippen LogP contribution in [0.1, 0.15) is 16.1 Å². The Labute approximate surface area is 115 Å². The Hall–Kier alpha value is -2.89. The molecule has 0 aliphatic rings. The van der Waals surface area contributed by atoms with Crippen molar-refractivity contribution in [2.75, 3.05) is 5.32 Å². The van der Waals surface area contributed by atoms with Crippen LogP contribution in [0.4, 0.5) is 5.69 Å². The summed E-state index contributed by atoms with van der Waals surface area (Å²) in [6, 6.07) is 9.23. The minimum atomic E-state index is -0.211. The summed E-state index contributed by atoms with van der Waals surface area (Å²) in [5.41, 5.74) is 3.11. The van der Waals surface area contributed by atoms with Crippen molar-refractivity contribution in [3.8, 4) is 5.69 Å². The van der Waals surface area contributed by atoms with Gasteiger partial charge in [0.05, 0.1) is 5.69 Å². The molecule has 3 rings (SSSR count). The molecule has 0 radical (unpaired) electrons. The summed E-state index contributed by atoms with van der Waals surface area (Å²) in [6.07, 6.45) is 5.14. The number of benzene rings is 1. The fourth-order valence-corrected chi connectivity index (χ4v) is 1.92. The monoisotopic (exact) mass is 267 g/mol. The van der Waals surface area contributed by atoms with E-state index in [9.17, 15) is 4.79 Å². The number of rotatable bonds is 3. The van der Waals surface area contributed by atoms with Crippen LogP contribution in [0.15, 0.2) is 48.9 Å². The molecule has 100 valence electrons. The molecular formula is C14H13N5O. The fraction of sp³-hybridized carbons (Fsp3) is 0.0714. The molecule has 0 aliphatic carbocycles. The Kier molecular flexibility index (Phi) is 3.04. The van der Waals surface area contributed by atoms with E-state index in [2.05, 4.69) is 20.6 Å². The van der Waals surface area contributed by atoms with Crippen LogP contribution in [0.2, 0.25) is 0 Å². The van der Waals surface area contributed by atoms with Gasteiger partial charge in [-0.2, -0.15) is 10.2 Å². The fourth-order valence-electron chi connectivity index (χ4n) is 1.92. The summed E-state index contributed by atoms with van der Waals surface area (Å²) in [6.45, 7) is 1.94. The van der Waals surface area contributed by atoms with E-state index in [4.69, 9.17) is 0 Å². The summed E-state index contributed by atoms with van der Waals surface area (Å²) < 4.78 is 1.77. The first kappa shape index (κ1) is 12.2. The van der Waals surface area contributed by atoms with Gasteiger partial charge in [0.2, 0.25) is 0 Å². The number of aryl methyl sites for hydroxylation is 1. The van der Waals surface area contributed by atoms with Gasteiger partial charge in [-0.1, -0.05) is 0 Å². The number of aromatic nitrogens is 4. The zero-order chi connectivity index (χ0) is 13.9. The highest BCUT2D eigenvalue weighted by Gasteiger charge is 2.09. The lowest BCUT2D eigenvalue weighted by molar-refractivity contribution is 0.102. The number of nitrogens with one attached hydrogen (secondary N) is 2. The highest BCUT2D eigenvalue weighted by Crippen LogP contribution is 2.19. The summed E-state index contributed by atoms with van der Waals surface area (Å²) in [5, 5.41) is 13.4. The van der Waals surface area contributed by atoms with Crippen LogP contribution in [0, 0.1) is 6.92 Å². The van der Waals surface area contributed by atoms with Crippen molar-refractivity contribution in [1.29, 1.82) is 0 Å². The van der Waals surface area contributed by atoms with Gasteiger partial charge < -0.3 is 5.32 Å². The van der Waals surface area contributed by atoms with E-state index in [-0.39, 0.29) is 5.91 Å². The first-order valence-electron chi connectivity index (χ1n) is 6.15. The van der Waals surface area contributed by atoms with E-state index in [1.807, 2.05) is 37.4 Å². The molecule has 0 saturated heterocycles. The summed E-state index contributed by atoms with van der Waals surface area (Å²) in [4.78, 5) is 11.9. The Morgan fingerprint density at radius 2 is 2.20 bits per heavy atom. The molecule has 2 aromatic heterocycles. The van der Waals surface area contributed by atoms with Crippen molar-refractivity contribution in [2.45, 2.75) is 6.92 Å². The van der Waals surface area contributed by atoms with Crippen LogP contribution >= 0.6 is 0 Å². The number of anilines is 1. The number of hydrogen-bond acceptors (Lipinski definition) is 3. The molecule has 0 saturated carbocycles.